The van der Waals surface area contributed by atoms with Gasteiger partial charge >= 0.3 is 6.09 Å². The van der Waals surface area contributed by atoms with E-state index < -0.39 is 5.82 Å². The number of halogens is 1. The maximum Gasteiger partial charge on any atom is 0.410 e. The van der Waals surface area contributed by atoms with Crippen molar-refractivity contribution in [1.29, 1.82) is 0 Å². The van der Waals surface area contributed by atoms with Gasteiger partial charge in [0.1, 0.15) is 11.8 Å². The van der Waals surface area contributed by atoms with Crippen LogP contribution >= 0.6 is 0 Å². The number of carbonyl (C=O) groups is 1. The predicted octanol–water partition coefficient (Wildman–Crippen LogP) is 4.00. The molecule has 0 spiro atoms. The Labute approximate surface area is 220 Å². The maximum absolute atomic E-state index is 14.7. The highest BCUT2D eigenvalue weighted by Gasteiger charge is 2.28. The molecule has 2 N–H and O–H groups in total. The minimum Gasteiger partial charge on any atom is -0.446 e. The van der Waals surface area contributed by atoms with E-state index in [0.717, 1.165) is 31.9 Å². The molecule has 0 bridgehead atoms. The Kier molecular flexibility index (Phi) is 7.97. The van der Waals surface area contributed by atoms with Crippen LogP contribution in [-0.2, 0) is 4.74 Å². The molecule has 5 rings (SSSR count). The van der Waals surface area contributed by atoms with Crippen molar-refractivity contribution in [3.63, 3.8) is 0 Å². The van der Waals surface area contributed by atoms with E-state index in [2.05, 4.69) is 15.3 Å². The number of piperidine rings is 1. The summed E-state index contributed by atoms with van der Waals surface area (Å²) in [6.07, 6.45) is 7.18. The number of aliphatic hydroxyl groups excluding tert-OH is 1. The van der Waals surface area contributed by atoms with Crippen molar-refractivity contribution < 1.29 is 19.0 Å². The smallest absolute Gasteiger partial charge is 0.410 e. The van der Waals surface area contributed by atoms with Crippen LogP contribution in [0.1, 0.15) is 38.5 Å². The summed E-state index contributed by atoms with van der Waals surface area (Å²) in [5.74, 6) is 0.0717. The van der Waals surface area contributed by atoms with E-state index in [1.165, 1.54) is 10.6 Å². The topological polar surface area (TPSA) is 110 Å². The number of nitrogens with zero attached hydrogens (tertiary/aromatic N) is 4. The molecule has 200 valence electrons. The average Bonchev–Trinajstić information content (AvgIpc) is 2.95. The summed E-state index contributed by atoms with van der Waals surface area (Å²) in [6, 6.07) is 11.9. The average molecular weight is 522 g/mol. The molecule has 1 amide bonds. The summed E-state index contributed by atoms with van der Waals surface area (Å²) < 4.78 is 21.9. The van der Waals surface area contributed by atoms with E-state index in [9.17, 15) is 19.1 Å². The first kappa shape index (κ1) is 25.8. The monoisotopic (exact) mass is 521 g/mol. The fraction of sp³-hybridized carbons (Fsp3) is 0.429. The Bertz CT molecular complexity index is 1320. The van der Waals surface area contributed by atoms with Gasteiger partial charge in [-0.05, 0) is 62.6 Å². The number of hydrogen-bond acceptors (Lipinski definition) is 7. The van der Waals surface area contributed by atoms with E-state index >= 15 is 0 Å². The van der Waals surface area contributed by atoms with Crippen LogP contribution in [0, 0.1) is 11.7 Å². The quantitative estimate of drug-likeness (QED) is 0.505. The zero-order valence-electron chi connectivity index (χ0n) is 21.1. The number of rotatable bonds is 6. The minimum absolute atomic E-state index is 0.0339. The molecule has 9 nitrogen and oxygen atoms in total. The van der Waals surface area contributed by atoms with Crippen LogP contribution < -0.4 is 10.9 Å². The molecule has 3 heterocycles. The van der Waals surface area contributed by atoms with Crippen molar-refractivity contribution in [1.82, 2.24) is 19.4 Å². The second-order valence-electron chi connectivity index (χ2n) is 9.96. The summed E-state index contributed by atoms with van der Waals surface area (Å²) in [7, 11) is 0. The zero-order valence-corrected chi connectivity index (χ0v) is 21.1. The number of likely N-dealkylation sites (tertiary alicyclic amines) is 1. The first-order chi connectivity index (χ1) is 18.5. The molecule has 10 heteroatoms. The molecule has 38 heavy (non-hydrogen) atoms. The van der Waals surface area contributed by atoms with Crippen molar-refractivity contribution in [2.45, 2.75) is 50.7 Å². The molecule has 0 radical (unpaired) electrons. The van der Waals surface area contributed by atoms with Gasteiger partial charge in [-0.3, -0.25) is 9.36 Å². The molecule has 1 saturated carbocycles. The van der Waals surface area contributed by atoms with Gasteiger partial charge in [0, 0.05) is 49.3 Å². The van der Waals surface area contributed by atoms with Crippen molar-refractivity contribution in [3.05, 3.63) is 71.0 Å². The Morgan fingerprint density at radius 3 is 2.61 bits per heavy atom. The Hall–Kier alpha value is -3.79. The molecule has 1 saturated heterocycles. The molecule has 2 aromatic heterocycles. The first-order valence-corrected chi connectivity index (χ1v) is 13.1. The van der Waals surface area contributed by atoms with Crippen LogP contribution in [-0.4, -0.2) is 62.5 Å². The van der Waals surface area contributed by atoms with E-state index in [-0.39, 0.29) is 36.1 Å². The number of nitrogens with one attached hydrogen (secondary N) is 1. The van der Waals surface area contributed by atoms with Crippen LogP contribution in [0.25, 0.3) is 16.9 Å². The highest BCUT2D eigenvalue weighted by atomic mass is 19.1. The lowest BCUT2D eigenvalue weighted by atomic mass is 9.88. The second-order valence-corrected chi connectivity index (χ2v) is 9.96. The highest BCUT2D eigenvalue weighted by molar-refractivity contribution is 5.68. The van der Waals surface area contributed by atoms with Gasteiger partial charge in [0.25, 0.3) is 5.56 Å². The predicted molar refractivity (Wildman–Crippen MR) is 141 cm³/mol. The number of amides is 1. The third kappa shape index (κ3) is 6.02. The molecule has 3 aromatic rings. The summed E-state index contributed by atoms with van der Waals surface area (Å²) in [6.45, 7) is 1.29. The van der Waals surface area contributed by atoms with Gasteiger partial charge in [-0.2, -0.15) is 0 Å². The summed E-state index contributed by atoms with van der Waals surface area (Å²) >= 11 is 0. The van der Waals surface area contributed by atoms with Crippen molar-refractivity contribution in [2.24, 2.45) is 5.92 Å². The second kappa shape index (κ2) is 11.7. The van der Waals surface area contributed by atoms with Gasteiger partial charge in [-0.1, -0.05) is 18.2 Å². The number of aromatic nitrogens is 3. The number of aliphatic hydroxyl groups is 1. The molecule has 1 aliphatic heterocycles. The minimum atomic E-state index is -0.557. The fourth-order valence-corrected chi connectivity index (χ4v) is 5.12. The number of ether oxygens (including phenoxy) is 1. The van der Waals surface area contributed by atoms with Crippen LogP contribution in [0.2, 0.25) is 0 Å². The lowest BCUT2D eigenvalue weighted by molar-refractivity contribution is 0.0280. The molecule has 0 atom stereocenters. The van der Waals surface area contributed by atoms with E-state index in [4.69, 9.17) is 4.74 Å². The molecular weight excluding hydrogens is 489 g/mol. The number of carbonyl (C=O) groups excluding carboxylic acids is 1. The Balaban J connectivity index is 1.19. The number of anilines is 1. The molecule has 2 fully saturated rings. The normalized spacial score (nSPS) is 20.2. The fourth-order valence-electron chi connectivity index (χ4n) is 5.12. The Morgan fingerprint density at radius 2 is 1.87 bits per heavy atom. The lowest BCUT2D eigenvalue weighted by Crippen LogP contribution is -2.44. The molecule has 1 aliphatic carbocycles. The van der Waals surface area contributed by atoms with E-state index in [0.29, 0.717) is 49.0 Å². The van der Waals surface area contributed by atoms with Gasteiger partial charge < -0.3 is 20.1 Å². The van der Waals surface area contributed by atoms with Crippen LogP contribution in [0.5, 0.6) is 0 Å². The maximum atomic E-state index is 14.7. The largest absolute Gasteiger partial charge is 0.446 e. The van der Waals surface area contributed by atoms with Crippen LogP contribution in [0.15, 0.2) is 59.7 Å². The van der Waals surface area contributed by atoms with Gasteiger partial charge in [0.15, 0.2) is 5.82 Å². The first-order valence-electron chi connectivity index (χ1n) is 13.1. The number of pyridine rings is 1. The standard InChI is InChI=1S/C28H32FN5O4/c29-24-17-30-27(32-26(24)20-4-3-5-22(16-20)34-13-2-1-6-25(34)36)31-21-11-14-33(15-12-21)28(37)38-23-9-7-19(18-35)8-10-23/h1-6,13,16-17,19,21,23,35H,7-12,14-15,18H2,(H,30,31,32)/t19-,23-. The highest BCUT2D eigenvalue weighted by Crippen LogP contribution is 2.27. The lowest BCUT2D eigenvalue weighted by Gasteiger charge is -2.34. The molecule has 1 aromatic carbocycles. The van der Waals surface area contributed by atoms with Crippen LogP contribution in [0.4, 0.5) is 15.1 Å². The SMILES string of the molecule is O=C(O[C@H]1CC[C@H](CO)CC1)N1CCC(Nc2ncc(F)c(-c3cccc(-n4ccccc4=O)c3)n2)CC1. The van der Waals surface area contributed by atoms with Gasteiger partial charge in [-0.25, -0.2) is 19.2 Å². The van der Waals surface area contributed by atoms with Gasteiger partial charge in [0.05, 0.1) is 6.20 Å². The van der Waals surface area contributed by atoms with E-state index in [1.54, 1.807) is 47.5 Å². The zero-order chi connectivity index (χ0) is 26.5. The van der Waals surface area contributed by atoms with Crippen molar-refractivity contribution >= 4 is 12.0 Å². The summed E-state index contributed by atoms with van der Waals surface area (Å²) in [4.78, 5) is 35.1. The molecular formula is C28H32FN5O4. The number of benzene rings is 1. The van der Waals surface area contributed by atoms with Gasteiger partial charge in [-0.15, -0.1) is 0 Å². The summed E-state index contributed by atoms with van der Waals surface area (Å²) in [5, 5.41) is 12.6. The van der Waals surface area contributed by atoms with Crippen molar-refractivity contribution in [2.75, 3.05) is 25.0 Å². The molecule has 2 aliphatic rings. The molecule has 0 unspecified atom stereocenters. The van der Waals surface area contributed by atoms with E-state index in [1.807, 2.05) is 0 Å². The Morgan fingerprint density at radius 1 is 1.08 bits per heavy atom. The third-order valence-corrected chi connectivity index (χ3v) is 7.37. The van der Waals surface area contributed by atoms with Crippen LogP contribution in [0.3, 0.4) is 0 Å². The third-order valence-electron chi connectivity index (χ3n) is 7.37. The van der Waals surface area contributed by atoms with Crippen molar-refractivity contribution in [3.8, 4) is 16.9 Å². The summed E-state index contributed by atoms with van der Waals surface area (Å²) in [5.41, 5.74) is 1.11. The number of hydrogen-bond donors (Lipinski definition) is 2. The van der Waals surface area contributed by atoms with Gasteiger partial charge in [0.2, 0.25) is 5.95 Å².